The van der Waals surface area contributed by atoms with Crippen LogP contribution in [0.15, 0.2) is 41.2 Å². The Morgan fingerprint density at radius 3 is 2.32 bits per heavy atom. The molecule has 0 aliphatic heterocycles. The van der Waals surface area contributed by atoms with Gasteiger partial charge in [0.05, 0.1) is 0 Å². The molecule has 2 aliphatic rings. The Hall–Kier alpha value is -0.309. The van der Waals surface area contributed by atoms with Crippen molar-refractivity contribution in [1.29, 1.82) is 0 Å². The maximum absolute atomic E-state index is 6.51. The van der Waals surface area contributed by atoms with Crippen LogP contribution in [0.1, 0.15) is 33.6 Å². The van der Waals surface area contributed by atoms with E-state index in [1.165, 1.54) is 29.3 Å². The fraction of sp³-hybridized carbons (Fsp3) is 0.500. The summed E-state index contributed by atoms with van der Waals surface area (Å²) >= 11 is 0. The zero-order valence-corrected chi connectivity index (χ0v) is 14.8. The van der Waals surface area contributed by atoms with E-state index in [9.17, 15) is 0 Å². The van der Waals surface area contributed by atoms with Crippen LogP contribution in [0.3, 0.4) is 0 Å². The number of rotatable bonds is 6. The summed E-state index contributed by atoms with van der Waals surface area (Å²) in [6.07, 6.45) is 14.1. The van der Waals surface area contributed by atoms with E-state index < -0.39 is 8.32 Å². The van der Waals surface area contributed by atoms with Gasteiger partial charge in [0.25, 0.3) is 0 Å². The van der Waals surface area contributed by atoms with Gasteiger partial charge in [0.15, 0.2) is 0 Å². The van der Waals surface area contributed by atoms with Crippen molar-refractivity contribution in [2.45, 2.75) is 51.7 Å². The fourth-order valence-electron chi connectivity index (χ4n) is 2.63. The molecule has 3 heteroatoms. The van der Waals surface area contributed by atoms with Crippen LogP contribution >= 0.6 is 0 Å². The molecule has 0 fully saturated rings. The predicted octanol–water partition coefficient (Wildman–Crippen LogP) is 4.91. The van der Waals surface area contributed by atoms with Gasteiger partial charge in [-0.25, -0.2) is 0 Å². The van der Waals surface area contributed by atoms with E-state index in [-0.39, 0.29) is 21.7 Å². The van der Waals surface area contributed by atoms with Crippen molar-refractivity contribution in [2.75, 3.05) is 0 Å². The van der Waals surface area contributed by atoms with Gasteiger partial charge in [-0.05, 0) is 24.2 Å². The summed E-state index contributed by atoms with van der Waals surface area (Å²) in [4.78, 5) is 0. The first-order valence-electron chi connectivity index (χ1n) is 7.11. The molecule has 0 N–H and O–H groups in total. The largest absolute Gasteiger partial charge is 0.553 e. The average molecular weight is 307 g/mol. The van der Waals surface area contributed by atoms with Crippen LogP contribution in [-0.2, 0) is 26.1 Å². The van der Waals surface area contributed by atoms with Gasteiger partial charge in [-0.2, -0.15) is 17.7 Å². The Morgan fingerprint density at radius 1 is 1.11 bits per heavy atom. The van der Waals surface area contributed by atoms with E-state index in [1.54, 1.807) is 0 Å². The fourth-order valence-corrected chi connectivity index (χ4v) is 5.23. The van der Waals surface area contributed by atoms with Crippen molar-refractivity contribution in [3.63, 3.8) is 0 Å². The van der Waals surface area contributed by atoms with Crippen LogP contribution in [0.5, 0.6) is 0 Å². The second kappa shape index (κ2) is 7.47. The Morgan fingerprint density at radius 2 is 1.79 bits per heavy atom. The van der Waals surface area contributed by atoms with Gasteiger partial charge < -0.3 is 4.43 Å². The molecule has 0 radical (unpaired) electrons. The summed E-state index contributed by atoms with van der Waals surface area (Å²) in [7, 11) is -1.55. The van der Waals surface area contributed by atoms with Gasteiger partial charge in [-0.1, -0.05) is 39.7 Å². The van der Waals surface area contributed by atoms with Crippen LogP contribution in [-0.4, -0.2) is 8.32 Å². The number of hydrogen-bond donors (Lipinski definition) is 0. The molecule has 0 saturated heterocycles. The van der Waals surface area contributed by atoms with Gasteiger partial charge in [0.2, 0.25) is 8.32 Å². The van der Waals surface area contributed by atoms with Crippen molar-refractivity contribution in [3.05, 3.63) is 47.3 Å². The molecular weight excluding hydrogens is 284 g/mol. The van der Waals surface area contributed by atoms with E-state index in [2.05, 4.69) is 51.2 Å². The molecule has 0 saturated carbocycles. The first-order chi connectivity index (χ1) is 8.74. The minimum absolute atomic E-state index is 0. The van der Waals surface area contributed by atoms with E-state index >= 15 is 0 Å². The predicted molar refractivity (Wildman–Crippen MR) is 79.6 cm³/mol. The zero-order chi connectivity index (χ0) is 13.0. The summed E-state index contributed by atoms with van der Waals surface area (Å²) in [6, 6.07) is 3.59. The molecule has 0 spiro atoms. The first kappa shape index (κ1) is 16.7. The van der Waals surface area contributed by atoms with Crippen LogP contribution in [0, 0.1) is 6.08 Å². The average Bonchev–Trinajstić information content (AvgIpc) is 3.06. The van der Waals surface area contributed by atoms with E-state index in [0.29, 0.717) is 0 Å². The number of hydrogen-bond acceptors (Lipinski definition) is 1. The Kier molecular flexibility index (Phi) is 6.58. The standard InChI is InChI=1S/C16H23OSi.Ti/c1-4-18(5-2,6-3)17-16-13-9-12-15(16)14-10-7-8-11-14;/h7,9-10,13H,4-6,8,12H2,1-3H3;/q-1;. The Balaban J connectivity index is 0.00000180. The summed E-state index contributed by atoms with van der Waals surface area (Å²) in [5, 5.41) is 0. The molecule has 19 heavy (non-hydrogen) atoms. The summed E-state index contributed by atoms with van der Waals surface area (Å²) in [5.41, 5.74) is 2.59. The molecule has 2 rings (SSSR count). The maximum Gasteiger partial charge on any atom is 0.249 e. The summed E-state index contributed by atoms with van der Waals surface area (Å²) in [6.45, 7) is 6.83. The van der Waals surface area contributed by atoms with Crippen LogP contribution < -0.4 is 0 Å². The molecule has 0 aromatic heterocycles. The molecule has 0 heterocycles. The van der Waals surface area contributed by atoms with Gasteiger partial charge in [-0.3, -0.25) is 0 Å². The minimum Gasteiger partial charge on any atom is -0.553 e. The monoisotopic (exact) mass is 307 g/mol. The SMILES string of the molecule is CC[Si](CC)(CC)OC1=C(C2=[C-]CC=C2)CC=C1.[Ti]. The van der Waals surface area contributed by atoms with Gasteiger partial charge >= 0.3 is 0 Å². The van der Waals surface area contributed by atoms with Crippen molar-refractivity contribution in [1.82, 2.24) is 0 Å². The molecular formula is C16H23OSiTi-. The molecule has 0 bridgehead atoms. The molecule has 0 unspecified atom stereocenters. The maximum atomic E-state index is 6.51. The van der Waals surface area contributed by atoms with E-state index in [0.717, 1.165) is 18.6 Å². The van der Waals surface area contributed by atoms with Gasteiger partial charge in [0.1, 0.15) is 0 Å². The molecule has 0 aromatic carbocycles. The minimum atomic E-state index is -1.55. The van der Waals surface area contributed by atoms with Crippen LogP contribution in [0.4, 0.5) is 0 Å². The van der Waals surface area contributed by atoms with Gasteiger partial charge in [0, 0.05) is 27.5 Å². The molecule has 0 aromatic rings. The first-order valence-corrected chi connectivity index (χ1v) is 9.64. The third kappa shape index (κ3) is 3.62. The summed E-state index contributed by atoms with van der Waals surface area (Å²) < 4.78 is 6.51. The third-order valence-corrected chi connectivity index (χ3v) is 8.69. The van der Waals surface area contributed by atoms with E-state index in [4.69, 9.17) is 4.43 Å². The molecule has 2 aliphatic carbocycles. The summed E-state index contributed by atoms with van der Waals surface area (Å²) in [5.74, 6) is 1.13. The van der Waals surface area contributed by atoms with Crippen molar-refractivity contribution in [2.24, 2.45) is 0 Å². The quantitative estimate of drug-likeness (QED) is 0.500. The van der Waals surface area contributed by atoms with Gasteiger partial charge in [-0.15, -0.1) is 11.6 Å². The van der Waals surface area contributed by atoms with Crippen molar-refractivity contribution < 1.29 is 26.1 Å². The zero-order valence-electron chi connectivity index (χ0n) is 12.3. The topological polar surface area (TPSA) is 9.23 Å². The molecule has 0 atom stereocenters. The van der Waals surface area contributed by atoms with Crippen molar-refractivity contribution in [3.8, 4) is 0 Å². The normalized spacial score (nSPS) is 17.7. The molecule has 0 amide bonds. The third-order valence-electron chi connectivity index (χ3n) is 4.17. The van der Waals surface area contributed by atoms with Crippen LogP contribution in [0.25, 0.3) is 0 Å². The molecule has 1 nitrogen and oxygen atoms in total. The smallest absolute Gasteiger partial charge is 0.249 e. The van der Waals surface area contributed by atoms with Crippen LogP contribution in [0.2, 0.25) is 18.1 Å². The Bertz CT molecular complexity index is 420. The molecule has 102 valence electrons. The second-order valence-corrected chi connectivity index (χ2v) is 9.68. The van der Waals surface area contributed by atoms with E-state index in [1.807, 2.05) is 0 Å². The second-order valence-electron chi connectivity index (χ2n) is 4.99. The Labute approximate surface area is 133 Å². The number of allylic oxidation sites excluding steroid dienone is 7. The van der Waals surface area contributed by atoms with Crippen molar-refractivity contribution >= 4 is 8.32 Å².